The largest absolute Gasteiger partial charge is 0.497 e. The molecule has 216 valence electrons. The zero-order chi connectivity index (χ0) is 28.8. The van der Waals surface area contributed by atoms with Gasteiger partial charge in [-0.25, -0.2) is 4.79 Å². The third-order valence-corrected chi connectivity index (χ3v) is 7.53. The van der Waals surface area contributed by atoms with E-state index < -0.39 is 6.03 Å². The van der Waals surface area contributed by atoms with Crippen LogP contribution in [0.4, 0.5) is 27.5 Å². The lowest BCUT2D eigenvalue weighted by Gasteiger charge is -2.38. The molecule has 0 atom stereocenters. The summed E-state index contributed by atoms with van der Waals surface area (Å²) in [6, 6.07) is 18.3. The quantitative estimate of drug-likeness (QED) is 0.405. The number of para-hydroxylation sites is 2. The monoisotopic (exact) mass is 559 g/mol. The first kappa shape index (κ1) is 27.9. The highest BCUT2D eigenvalue weighted by atomic mass is 16.5. The summed E-state index contributed by atoms with van der Waals surface area (Å²) in [5.74, 6) is 1.97. The molecule has 0 aliphatic carbocycles. The first-order chi connectivity index (χ1) is 20.0. The van der Waals surface area contributed by atoms with Crippen LogP contribution in [0.5, 0.6) is 17.2 Å². The maximum Gasteiger partial charge on any atom is 0.323 e. The molecule has 3 aromatic rings. The van der Waals surface area contributed by atoms with Gasteiger partial charge in [-0.2, -0.15) is 0 Å². The third-order valence-electron chi connectivity index (χ3n) is 7.53. The number of carbonyl (C=O) groups excluding carboxylic acids is 2. The fourth-order valence-corrected chi connectivity index (χ4v) is 5.40. The van der Waals surface area contributed by atoms with Gasteiger partial charge in [0.2, 0.25) is 0 Å². The van der Waals surface area contributed by atoms with E-state index in [0.29, 0.717) is 28.4 Å². The van der Waals surface area contributed by atoms with Crippen molar-refractivity contribution >= 4 is 34.7 Å². The number of piperazine rings is 1. The molecular weight excluding hydrogens is 522 g/mol. The number of ether oxygens (including phenoxy) is 3. The minimum absolute atomic E-state index is 0.00810. The Morgan fingerprint density at radius 3 is 1.90 bits per heavy atom. The number of carbonyl (C=O) groups is 2. The lowest BCUT2D eigenvalue weighted by Crippen LogP contribution is -2.47. The van der Waals surface area contributed by atoms with Gasteiger partial charge in [-0.05, 0) is 43.2 Å². The fraction of sp³-hybridized carbons (Fsp3) is 0.355. The highest BCUT2D eigenvalue weighted by Gasteiger charge is 2.27. The Kier molecular flexibility index (Phi) is 8.67. The highest BCUT2D eigenvalue weighted by Crippen LogP contribution is 2.32. The molecule has 3 aromatic carbocycles. The average Bonchev–Trinajstić information content (AvgIpc) is 3.56. The van der Waals surface area contributed by atoms with E-state index in [2.05, 4.69) is 26.5 Å². The molecule has 2 fully saturated rings. The van der Waals surface area contributed by atoms with Crippen LogP contribution in [0.1, 0.15) is 23.2 Å². The van der Waals surface area contributed by atoms with Crippen LogP contribution in [-0.4, -0.2) is 77.4 Å². The van der Waals surface area contributed by atoms with E-state index in [9.17, 15) is 9.59 Å². The maximum absolute atomic E-state index is 13.7. The summed E-state index contributed by atoms with van der Waals surface area (Å²) in [5.41, 5.74) is 3.61. The predicted molar refractivity (Wildman–Crippen MR) is 161 cm³/mol. The normalized spacial score (nSPS) is 15.0. The molecule has 0 spiro atoms. The molecule has 10 nitrogen and oxygen atoms in total. The van der Waals surface area contributed by atoms with Gasteiger partial charge < -0.3 is 39.5 Å². The summed E-state index contributed by atoms with van der Waals surface area (Å²) in [6.45, 7) is 4.59. The van der Waals surface area contributed by atoms with Crippen molar-refractivity contribution < 1.29 is 23.8 Å². The van der Waals surface area contributed by atoms with Gasteiger partial charge in [0.25, 0.3) is 5.91 Å². The van der Waals surface area contributed by atoms with Crippen molar-refractivity contribution in [3.05, 3.63) is 66.2 Å². The molecule has 2 heterocycles. The summed E-state index contributed by atoms with van der Waals surface area (Å²) in [4.78, 5) is 33.0. The molecule has 10 heteroatoms. The highest BCUT2D eigenvalue weighted by molar-refractivity contribution is 6.04. The number of hydrogen-bond acceptors (Lipinski definition) is 7. The smallest absolute Gasteiger partial charge is 0.323 e. The van der Waals surface area contributed by atoms with Crippen LogP contribution in [0, 0.1) is 0 Å². The van der Waals surface area contributed by atoms with Gasteiger partial charge in [-0.3, -0.25) is 4.79 Å². The number of amides is 3. The minimum Gasteiger partial charge on any atom is -0.497 e. The molecule has 0 bridgehead atoms. The number of benzene rings is 3. The summed E-state index contributed by atoms with van der Waals surface area (Å²) in [7, 11) is 4.80. The van der Waals surface area contributed by atoms with E-state index in [1.54, 1.807) is 45.6 Å². The molecule has 0 saturated carbocycles. The number of rotatable bonds is 8. The van der Waals surface area contributed by atoms with Crippen LogP contribution in [0.2, 0.25) is 0 Å². The zero-order valence-electron chi connectivity index (χ0n) is 23.8. The van der Waals surface area contributed by atoms with E-state index >= 15 is 0 Å². The lowest BCUT2D eigenvalue weighted by molar-refractivity contribution is 0.0793. The predicted octanol–water partition coefficient (Wildman–Crippen LogP) is 4.92. The molecule has 5 rings (SSSR count). The summed E-state index contributed by atoms with van der Waals surface area (Å²) >= 11 is 0. The standard InChI is InChI=1S/C31H37N5O5/c1-39-24-18-23(19-25(21-24)40-2)33-31(38)32-22-10-11-27(26(20-22)30(37)36-12-6-7-13-36)34-14-16-35(17-15-34)28-8-4-5-9-29(28)41-3/h4-5,8-11,18-21H,6-7,12-17H2,1-3H3,(H2,32,33,38). The van der Waals surface area contributed by atoms with Crippen LogP contribution >= 0.6 is 0 Å². The topological polar surface area (TPSA) is 95.6 Å². The second-order valence-electron chi connectivity index (χ2n) is 10.1. The molecule has 2 aliphatic rings. The molecule has 0 aromatic heterocycles. The molecule has 41 heavy (non-hydrogen) atoms. The maximum atomic E-state index is 13.7. The molecule has 3 amide bonds. The number of urea groups is 1. The van der Waals surface area contributed by atoms with Crippen molar-refractivity contribution in [2.24, 2.45) is 0 Å². The van der Waals surface area contributed by atoms with Crippen molar-refractivity contribution in [2.45, 2.75) is 12.8 Å². The Balaban J connectivity index is 1.34. The minimum atomic E-state index is -0.432. The Bertz CT molecular complexity index is 1360. The fourth-order valence-electron chi connectivity index (χ4n) is 5.40. The SMILES string of the molecule is COc1cc(NC(=O)Nc2ccc(N3CCN(c4ccccc4OC)CC3)c(C(=O)N3CCCC3)c2)cc(OC)c1. The van der Waals surface area contributed by atoms with Gasteiger partial charge in [0.1, 0.15) is 17.2 Å². The summed E-state index contributed by atoms with van der Waals surface area (Å²) in [5, 5.41) is 5.70. The average molecular weight is 560 g/mol. The number of likely N-dealkylation sites (tertiary alicyclic amines) is 1. The molecule has 0 radical (unpaired) electrons. The first-order valence-corrected chi connectivity index (χ1v) is 13.9. The van der Waals surface area contributed by atoms with Crippen molar-refractivity contribution in [3.63, 3.8) is 0 Å². The van der Waals surface area contributed by atoms with Gasteiger partial charge in [-0.15, -0.1) is 0 Å². The van der Waals surface area contributed by atoms with E-state index in [0.717, 1.165) is 69.2 Å². The van der Waals surface area contributed by atoms with Crippen LogP contribution < -0.4 is 34.6 Å². The Hall–Kier alpha value is -4.60. The Morgan fingerprint density at radius 1 is 0.659 bits per heavy atom. The number of methoxy groups -OCH3 is 3. The Labute approximate surface area is 240 Å². The van der Waals surface area contributed by atoms with E-state index in [1.807, 2.05) is 35.2 Å². The summed E-state index contributed by atoms with van der Waals surface area (Å²) in [6.07, 6.45) is 2.01. The van der Waals surface area contributed by atoms with Crippen molar-refractivity contribution in [1.82, 2.24) is 4.90 Å². The first-order valence-electron chi connectivity index (χ1n) is 13.9. The van der Waals surface area contributed by atoms with Gasteiger partial charge >= 0.3 is 6.03 Å². The van der Waals surface area contributed by atoms with Crippen LogP contribution in [0.3, 0.4) is 0 Å². The third kappa shape index (κ3) is 6.42. The molecule has 0 unspecified atom stereocenters. The number of hydrogen-bond donors (Lipinski definition) is 2. The van der Waals surface area contributed by atoms with Crippen molar-refractivity contribution in [3.8, 4) is 17.2 Å². The molecule has 2 saturated heterocycles. The number of nitrogens with zero attached hydrogens (tertiary/aromatic N) is 3. The lowest BCUT2D eigenvalue weighted by atomic mass is 10.1. The van der Waals surface area contributed by atoms with E-state index in [4.69, 9.17) is 14.2 Å². The van der Waals surface area contributed by atoms with Crippen molar-refractivity contribution in [1.29, 1.82) is 0 Å². The van der Waals surface area contributed by atoms with Crippen molar-refractivity contribution in [2.75, 3.05) is 81.0 Å². The molecular formula is C31H37N5O5. The second-order valence-corrected chi connectivity index (χ2v) is 10.1. The zero-order valence-corrected chi connectivity index (χ0v) is 23.8. The molecule has 2 aliphatic heterocycles. The van der Waals surface area contributed by atoms with Gasteiger partial charge in [0, 0.05) is 74.5 Å². The van der Waals surface area contributed by atoms with E-state index in [1.165, 1.54) is 0 Å². The van der Waals surface area contributed by atoms with Crippen LogP contribution in [0.15, 0.2) is 60.7 Å². The van der Waals surface area contributed by atoms with Gasteiger partial charge in [0.05, 0.1) is 32.6 Å². The van der Waals surface area contributed by atoms with Gasteiger partial charge in [0.15, 0.2) is 0 Å². The van der Waals surface area contributed by atoms with E-state index in [-0.39, 0.29) is 5.91 Å². The second kappa shape index (κ2) is 12.7. The molecule has 2 N–H and O–H groups in total. The number of nitrogens with one attached hydrogen (secondary N) is 2. The van der Waals surface area contributed by atoms with Crippen LogP contribution in [-0.2, 0) is 0 Å². The summed E-state index contributed by atoms with van der Waals surface area (Å²) < 4.78 is 16.2. The number of anilines is 4. The Morgan fingerprint density at radius 2 is 1.27 bits per heavy atom. The van der Waals surface area contributed by atoms with Gasteiger partial charge in [-0.1, -0.05) is 12.1 Å². The van der Waals surface area contributed by atoms with Crippen LogP contribution in [0.25, 0.3) is 0 Å².